The highest BCUT2D eigenvalue weighted by molar-refractivity contribution is 5.78. The molecule has 1 aromatic carbocycles. The zero-order chi connectivity index (χ0) is 11.5. The van der Waals surface area contributed by atoms with Crippen molar-refractivity contribution in [1.82, 2.24) is 0 Å². The van der Waals surface area contributed by atoms with Crippen LogP contribution < -0.4 is 4.90 Å². The fraction of sp³-hybridized carbons (Fsp3) is 0.500. The summed E-state index contributed by atoms with van der Waals surface area (Å²) in [4.78, 5) is 13.5. The minimum Gasteiger partial charge on any atom is -0.371 e. The third-order valence-corrected chi connectivity index (χ3v) is 3.09. The summed E-state index contributed by atoms with van der Waals surface area (Å²) in [6.07, 6.45) is 2.89. The van der Waals surface area contributed by atoms with Gasteiger partial charge in [0.05, 0.1) is 0 Å². The molecule has 0 spiro atoms. The molecule has 0 unspecified atom stereocenters. The average molecular weight is 217 g/mol. The molecule has 0 radical (unpaired) electrons. The number of Topliss-reactive ketones (excluding diaryl/α,β-unsaturated/α-hetero) is 1. The standard InChI is InChI=1S/C14H19NO/c1-3-7-15-8-6-13-5-4-12(9-11(2)16)10-14(13)15/h4-5,10H,3,6-9H2,1-2H3. The van der Waals surface area contributed by atoms with E-state index in [1.807, 2.05) is 0 Å². The van der Waals surface area contributed by atoms with Gasteiger partial charge < -0.3 is 4.90 Å². The van der Waals surface area contributed by atoms with Crippen molar-refractivity contribution in [3.05, 3.63) is 29.3 Å². The molecule has 1 aliphatic heterocycles. The highest BCUT2D eigenvalue weighted by atomic mass is 16.1. The van der Waals surface area contributed by atoms with E-state index in [2.05, 4.69) is 30.0 Å². The predicted octanol–water partition coefficient (Wildman–Crippen LogP) is 2.59. The summed E-state index contributed by atoms with van der Waals surface area (Å²) in [5.41, 5.74) is 3.93. The topological polar surface area (TPSA) is 20.3 Å². The lowest BCUT2D eigenvalue weighted by Gasteiger charge is -2.18. The Kier molecular flexibility index (Phi) is 3.28. The zero-order valence-electron chi connectivity index (χ0n) is 10.1. The van der Waals surface area contributed by atoms with Gasteiger partial charge in [-0.15, -0.1) is 0 Å². The van der Waals surface area contributed by atoms with Crippen molar-refractivity contribution >= 4 is 11.5 Å². The van der Waals surface area contributed by atoms with Gasteiger partial charge in [-0.2, -0.15) is 0 Å². The van der Waals surface area contributed by atoms with Gasteiger partial charge >= 0.3 is 0 Å². The van der Waals surface area contributed by atoms with Gasteiger partial charge in [0, 0.05) is 25.2 Å². The molecular formula is C14H19NO. The van der Waals surface area contributed by atoms with Crippen molar-refractivity contribution in [2.45, 2.75) is 33.1 Å². The van der Waals surface area contributed by atoms with E-state index < -0.39 is 0 Å². The molecule has 0 aromatic heterocycles. The average Bonchev–Trinajstić information content (AvgIpc) is 2.61. The van der Waals surface area contributed by atoms with E-state index >= 15 is 0 Å². The van der Waals surface area contributed by atoms with Crippen molar-refractivity contribution in [1.29, 1.82) is 0 Å². The van der Waals surface area contributed by atoms with Gasteiger partial charge in [-0.25, -0.2) is 0 Å². The van der Waals surface area contributed by atoms with Crippen LogP contribution in [-0.4, -0.2) is 18.9 Å². The minimum atomic E-state index is 0.236. The van der Waals surface area contributed by atoms with E-state index in [1.165, 1.54) is 17.7 Å². The maximum Gasteiger partial charge on any atom is 0.134 e. The molecule has 0 aliphatic carbocycles. The summed E-state index contributed by atoms with van der Waals surface area (Å²) in [6.45, 7) is 6.11. The molecule has 0 bridgehead atoms. The van der Waals surface area contributed by atoms with Crippen LogP contribution in [-0.2, 0) is 17.6 Å². The fourth-order valence-corrected chi connectivity index (χ4v) is 2.39. The quantitative estimate of drug-likeness (QED) is 0.772. The van der Waals surface area contributed by atoms with E-state index in [1.54, 1.807) is 6.92 Å². The minimum absolute atomic E-state index is 0.236. The molecule has 16 heavy (non-hydrogen) atoms. The van der Waals surface area contributed by atoms with Crippen molar-refractivity contribution in [3.8, 4) is 0 Å². The van der Waals surface area contributed by atoms with Gasteiger partial charge in [0.15, 0.2) is 0 Å². The van der Waals surface area contributed by atoms with Crippen LogP contribution >= 0.6 is 0 Å². The molecular weight excluding hydrogens is 198 g/mol. The Hall–Kier alpha value is -1.31. The van der Waals surface area contributed by atoms with Crippen LogP contribution in [0.2, 0.25) is 0 Å². The number of hydrogen-bond donors (Lipinski definition) is 0. The van der Waals surface area contributed by atoms with Crippen LogP contribution in [0, 0.1) is 0 Å². The van der Waals surface area contributed by atoms with Crippen LogP contribution in [0.1, 0.15) is 31.4 Å². The second-order valence-corrected chi connectivity index (χ2v) is 4.58. The maximum atomic E-state index is 11.1. The van der Waals surface area contributed by atoms with Gasteiger partial charge in [0.2, 0.25) is 0 Å². The normalized spacial score (nSPS) is 14.0. The molecule has 2 nitrogen and oxygen atoms in total. The number of anilines is 1. The largest absolute Gasteiger partial charge is 0.371 e. The molecule has 1 aliphatic rings. The molecule has 0 fully saturated rings. The highest BCUT2D eigenvalue weighted by Gasteiger charge is 2.18. The molecule has 2 rings (SSSR count). The van der Waals surface area contributed by atoms with Crippen molar-refractivity contribution in [2.24, 2.45) is 0 Å². The van der Waals surface area contributed by atoms with Crippen LogP contribution in [0.15, 0.2) is 18.2 Å². The first-order valence-electron chi connectivity index (χ1n) is 6.07. The lowest BCUT2D eigenvalue weighted by Crippen LogP contribution is -2.21. The first-order valence-corrected chi connectivity index (χ1v) is 6.07. The summed E-state index contributed by atoms with van der Waals surface area (Å²) in [6, 6.07) is 6.47. The summed E-state index contributed by atoms with van der Waals surface area (Å²) in [5.74, 6) is 0.236. The number of carbonyl (C=O) groups is 1. The summed E-state index contributed by atoms with van der Waals surface area (Å²) in [7, 11) is 0. The number of ketones is 1. The molecule has 1 heterocycles. The number of nitrogens with zero attached hydrogens (tertiary/aromatic N) is 1. The van der Waals surface area contributed by atoms with E-state index in [0.717, 1.165) is 25.1 Å². The number of benzene rings is 1. The molecule has 0 atom stereocenters. The Morgan fingerprint density at radius 3 is 2.94 bits per heavy atom. The maximum absolute atomic E-state index is 11.1. The first kappa shape index (κ1) is 11.2. The molecule has 86 valence electrons. The second kappa shape index (κ2) is 4.69. The molecule has 0 N–H and O–H groups in total. The third-order valence-electron chi connectivity index (χ3n) is 3.09. The Bertz CT molecular complexity index is 396. The van der Waals surface area contributed by atoms with Gasteiger partial charge in [-0.3, -0.25) is 4.79 Å². The highest BCUT2D eigenvalue weighted by Crippen LogP contribution is 2.29. The Morgan fingerprint density at radius 2 is 2.25 bits per heavy atom. The molecule has 0 saturated carbocycles. The molecule has 0 amide bonds. The fourth-order valence-electron chi connectivity index (χ4n) is 2.39. The first-order chi connectivity index (χ1) is 7.70. The summed E-state index contributed by atoms with van der Waals surface area (Å²) >= 11 is 0. The summed E-state index contributed by atoms with van der Waals surface area (Å²) < 4.78 is 0. The van der Waals surface area contributed by atoms with Crippen LogP contribution in [0.4, 0.5) is 5.69 Å². The van der Waals surface area contributed by atoms with E-state index in [4.69, 9.17) is 0 Å². The lowest BCUT2D eigenvalue weighted by atomic mass is 10.1. The van der Waals surface area contributed by atoms with Crippen molar-refractivity contribution in [2.75, 3.05) is 18.0 Å². The van der Waals surface area contributed by atoms with E-state index in [-0.39, 0.29) is 5.78 Å². The number of rotatable bonds is 4. The van der Waals surface area contributed by atoms with Crippen LogP contribution in [0.3, 0.4) is 0 Å². The number of fused-ring (bicyclic) bond motifs is 1. The predicted molar refractivity (Wildman–Crippen MR) is 67.0 cm³/mol. The molecule has 2 heteroatoms. The second-order valence-electron chi connectivity index (χ2n) is 4.58. The lowest BCUT2D eigenvalue weighted by molar-refractivity contribution is -0.116. The molecule has 1 aromatic rings. The number of hydrogen-bond acceptors (Lipinski definition) is 2. The van der Waals surface area contributed by atoms with Gasteiger partial charge in [0.1, 0.15) is 5.78 Å². The SMILES string of the molecule is CCCN1CCc2ccc(CC(C)=O)cc21. The zero-order valence-corrected chi connectivity index (χ0v) is 10.1. The van der Waals surface area contributed by atoms with Crippen molar-refractivity contribution in [3.63, 3.8) is 0 Å². The van der Waals surface area contributed by atoms with Crippen LogP contribution in [0.5, 0.6) is 0 Å². The smallest absolute Gasteiger partial charge is 0.134 e. The van der Waals surface area contributed by atoms with Gasteiger partial charge in [-0.1, -0.05) is 19.1 Å². The summed E-state index contributed by atoms with van der Waals surface area (Å²) in [5, 5.41) is 0. The number of carbonyl (C=O) groups excluding carboxylic acids is 1. The van der Waals surface area contributed by atoms with Crippen LogP contribution in [0.25, 0.3) is 0 Å². The van der Waals surface area contributed by atoms with E-state index in [0.29, 0.717) is 6.42 Å². The monoisotopic (exact) mass is 217 g/mol. The van der Waals surface area contributed by atoms with E-state index in [9.17, 15) is 4.79 Å². The Morgan fingerprint density at radius 1 is 1.44 bits per heavy atom. The Balaban J connectivity index is 2.22. The van der Waals surface area contributed by atoms with Crippen molar-refractivity contribution < 1.29 is 4.79 Å². The van der Waals surface area contributed by atoms with Gasteiger partial charge in [-0.05, 0) is 37.0 Å². The third kappa shape index (κ3) is 2.26. The van der Waals surface area contributed by atoms with Gasteiger partial charge in [0.25, 0.3) is 0 Å². The molecule has 0 saturated heterocycles. The Labute approximate surface area is 97.3 Å².